The summed E-state index contributed by atoms with van der Waals surface area (Å²) >= 11 is 0. The summed E-state index contributed by atoms with van der Waals surface area (Å²) in [5.74, 6) is 1.05. The van der Waals surface area contributed by atoms with Crippen LogP contribution in [-0.4, -0.2) is 29.2 Å². The molecule has 4 aromatic carbocycles. The molecule has 1 aliphatic rings. The van der Waals surface area contributed by atoms with Crippen molar-refractivity contribution in [1.29, 1.82) is 0 Å². The number of phenolic OH excluding ortho intramolecular Hbond substituents is 1. The maximum atomic E-state index is 10.9. The Kier molecular flexibility index (Phi) is 6.66. The van der Waals surface area contributed by atoms with Gasteiger partial charge in [-0.3, -0.25) is 4.90 Å². The number of aryl methyl sites for hydroxylation is 3. The average molecular weight is 591 g/mol. The third-order valence-corrected chi connectivity index (χ3v) is 9.24. The van der Waals surface area contributed by atoms with Crippen LogP contribution in [0.5, 0.6) is 5.75 Å². The molecule has 45 heavy (non-hydrogen) atoms. The van der Waals surface area contributed by atoms with Gasteiger partial charge in [-0.05, 0) is 90.6 Å². The van der Waals surface area contributed by atoms with E-state index in [0.29, 0.717) is 5.52 Å². The predicted molar refractivity (Wildman–Crippen MR) is 187 cm³/mol. The molecule has 0 bridgehead atoms. The molecular formula is C40H38N4O. The first kappa shape index (κ1) is 28.6. The van der Waals surface area contributed by atoms with E-state index in [1.54, 1.807) is 6.07 Å². The standard InChI is InChI=1S/C40H38N4O/c1-24-18-25(2)38(26(3)19-24)28-16-17-41-37(22-28)44-34-11-9-8-10-31(34)40(4,5)32-14-12-27(21-35(32)44)33-15-13-29-20-30(43(6)7)23-36(45)39(29)42-33/h8-23,45H,1-7H3. The van der Waals surface area contributed by atoms with E-state index in [4.69, 9.17) is 9.97 Å². The highest BCUT2D eigenvalue weighted by Crippen LogP contribution is 2.52. The van der Waals surface area contributed by atoms with Crippen LogP contribution in [0.15, 0.2) is 97.2 Å². The van der Waals surface area contributed by atoms with Gasteiger partial charge in [-0.25, -0.2) is 9.97 Å². The fraction of sp³-hybridized carbons (Fsp3) is 0.200. The first-order valence-electron chi connectivity index (χ1n) is 15.4. The molecular weight excluding hydrogens is 552 g/mol. The molecule has 6 aromatic rings. The number of nitrogens with zero attached hydrogens (tertiary/aromatic N) is 4. The Bertz CT molecular complexity index is 2110. The molecule has 0 amide bonds. The summed E-state index contributed by atoms with van der Waals surface area (Å²) < 4.78 is 0. The Morgan fingerprint density at radius 2 is 1.47 bits per heavy atom. The van der Waals surface area contributed by atoms with E-state index in [0.717, 1.165) is 45.1 Å². The first-order chi connectivity index (χ1) is 21.5. The fourth-order valence-electron chi connectivity index (χ4n) is 7.07. The molecule has 5 nitrogen and oxygen atoms in total. The number of hydrogen-bond acceptors (Lipinski definition) is 5. The number of phenols is 1. The molecule has 2 aromatic heterocycles. The molecule has 0 unspecified atom stereocenters. The van der Waals surface area contributed by atoms with Gasteiger partial charge in [0.2, 0.25) is 0 Å². The second kappa shape index (κ2) is 10.5. The number of para-hydroxylation sites is 1. The van der Waals surface area contributed by atoms with E-state index >= 15 is 0 Å². The summed E-state index contributed by atoms with van der Waals surface area (Å²) in [5.41, 5.74) is 14.0. The highest BCUT2D eigenvalue weighted by molar-refractivity contribution is 5.92. The number of hydrogen-bond donors (Lipinski definition) is 1. The maximum Gasteiger partial charge on any atom is 0.143 e. The highest BCUT2D eigenvalue weighted by atomic mass is 16.3. The zero-order chi connectivity index (χ0) is 31.6. The lowest BCUT2D eigenvalue weighted by atomic mass is 9.73. The lowest BCUT2D eigenvalue weighted by molar-refractivity contribution is 0.480. The number of fused-ring (bicyclic) bond motifs is 3. The summed E-state index contributed by atoms with van der Waals surface area (Å²) in [6.07, 6.45) is 1.92. The molecule has 5 heteroatoms. The Balaban J connectivity index is 1.42. The van der Waals surface area contributed by atoms with E-state index in [9.17, 15) is 5.11 Å². The van der Waals surface area contributed by atoms with Crippen LogP contribution in [0, 0.1) is 20.8 Å². The zero-order valence-electron chi connectivity index (χ0n) is 27.0. The van der Waals surface area contributed by atoms with E-state index < -0.39 is 0 Å². The van der Waals surface area contributed by atoms with Crippen molar-refractivity contribution < 1.29 is 5.11 Å². The maximum absolute atomic E-state index is 10.9. The number of rotatable bonds is 4. The normalized spacial score (nSPS) is 13.4. The van der Waals surface area contributed by atoms with Crippen molar-refractivity contribution in [3.05, 3.63) is 125 Å². The van der Waals surface area contributed by atoms with Crippen molar-refractivity contribution in [3.8, 4) is 28.1 Å². The van der Waals surface area contributed by atoms with Crippen molar-refractivity contribution in [2.75, 3.05) is 23.9 Å². The van der Waals surface area contributed by atoms with Gasteiger partial charge in [-0.1, -0.05) is 67.9 Å². The molecule has 1 aliphatic heterocycles. The number of benzene rings is 4. The van der Waals surface area contributed by atoms with E-state index in [-0.39, 0.29) is 11.2 Å². The minimum atomic E-state index is -0.222. The highest BCUT2D eigenvalue weighted by Gasteiger charge is 2.37. The third-order valence-electron chi connectivity index (χ3n) is 9.24. The molecule has 224 valence electrons. The van der Waals surface area contributed by atoms with Crippen LogP contribution in [0.4, 0.5) is 22.9 Å². The lowest BCUT2D eigenvalue weighted by Gasteiger charge is -2.41. The van der Waals surface area contributed by atoms with Gasteiger partial charge >= 0.3 is 0 Å². The van der Waals surface area contributed by atoms with Gasteiger partial charge in [-0.2, -0.15) is 0 Å². The largest absolute Gasteiger partial charge is 0.506 e. The molecule has 0 fully saturated rings. The number of aromatic nitrogens is 2. The molecule has 7 rings (SSSR count). The molecule has 0 saturated carbocycles. The summed E-state index contributed by atoms with van der Waals surface area (Å²) in [5, 5.41) is 11.8. The van der Waals surface area contributed by atoms with E-state index in [1.807, 2.05) is 37.3 Å². The lowest BCUT2D eigenvalue weighted by Crippen LogP contribution is -2.31. The molecule has 0 atom stereocenters. The minimum absolute atomic E-state index is 0.176. The van der Waals surface area contributed by atoms with Gasteiger partial charge < -0.3 is 10.0 Å². The van der Waals surface area contributed by atoms with E-state index in [2.05, 4.69) is 112 Å². The van der Waals surface area contributed by atoms with Gasteiger partial charge in [0.15, 0.2) is 0 Å². The SMILES string of the molecule is Cc1cc(C)c(-c2ccnc(N3c4ccccc4C(C)(C)c4ccc(-c5ccc6cc(N(C)C)cc(O)c6n5)cc43)c2)c(C)c1. The monoisotopic (exact) mass is 590 g/mol. The van der Waals surface area contributed by atoms with Crippen molar-refractivity contribution >= 4 is 33.8 Å². The Hall–Kier alpha value is -5.16. The minimum Gasteiger partial charge on any atom is -0.506 e. The molecule has 0 aliphatic carbocycles. The molecule has 0 radical (unpaired) electrons. The van der Waals surface area contributed by atoms with Crippen molar-refractivity contribution in [2.45, 2.75) is 40.0 Å². The fourth-order valence-corrected chi connectivity index (χ4v) is 7.07. The van der Waals surface area contributed by atoms with Crippen LogP contribution in [-0.2, 0) is 5.41 Å². The van der Waals surface area contributed by atoms with Crippen molar-refractivity contribution in [3.63, 3.8) is 0 Å². The molecule has 0 saturated heterocycles. The molecule has 0 spiro atoms. The second-order valence-electron chi connectivity index (χ2n) is 13.0. The first-order valence-corrected chi connectivity index (χ1v) is 15.4. The Morgan fingerprint density at radius 1 is 0.733 bits per heavy atom. The average Bonchev–Trinajstić information content (AvgIpc) is 3.00. The van der Waals surface area contributed by atoms with Crippen LogP contribution in [0.1, 0.15) is 41.7 Å². The topological polar surface area (TPSA) is 52.5 Å². The van der Waals surface area contributed by atoms with Crippen LogP contribution in [0.25, 0.3) is 33.3 Å². The van der Waals surface area contributed by atoms with Gasteiger partial charge in [0, 0.05) is 48.4 Å². The van der Waals surface area contributed by atoms with Gasteiger partial charge in [0.1, 0.15) is 17.1 Å². The predicted octanol–water partition coefficient (Wildman–Crippen LogP) is 9.77. The van der Waals surface area contributed by atoms with Crippen molar-refractivity contribution in [2.24, 2.45) is 0 Å². The molecule has 1 N–H and O–H groups in total. The van der Waals surface area contributed by atoms with Gasteiger partial charge in [0.05, 0.1) is 17.1 Å². The summed E-state index contributed by atoms with van der Waals surface area (Å²) in [4.78, 5) is 14.2. The van der Waals surface area contributed by atoms with E-state index in [1.165, 1.54) is 33.4 Å². The summed E-state index contributed by atoms with van der Waals surface area (Å²) in [7, 11) is 3.93. The van der Waals surface area contributed by atoms with Gasteiger partial charge in [0.25, 0.3) is 0 Å². The van der Waals surface area contributed by atoms with Crippen LogP contribution in [0.2, 0.25) is 0 Å². The smallest absolute Gasteiger partial charge is 0.143 e. The quantitative estimate of drug-likeness (QED) is 0.221. The van der Waals surface area contributed by atoms with Crippen LogP contribution < -0.4 is 9.80 Å². The number of pyridine rings is 2. The van der Waals surface area contributed by atoms with Gasteiger partial charge in [-0.15, -0.1) is 0 Å². The summed E-state index contributed by atoms with van der Waals surface area (Å²) in [6, 6.07) is 32.0. The summed E-state index contributed by atoms with van der Waals surface area (Å²) in [6.45, 7) is 11.1. The number of anilines is 4. The number of aromatic hydroxyl groups is 1. The second-order valence-corrected chi connectivity index (χ2v) is 13.0. The zero-order valence-corrected chi connectivity index (χ0v) is 27.0. The van der Waals surface area contributed by atoms with Crippen LogP contribution in [0.3, 0.4) is 0 Å². The Labute approximate surface area is 265 Å². The molecule has 3 heterocycles. The van der Waals surface area contributed by atoms with Crippen molar-refractivity contribution in [1.82, 2.24) is 9.97 Å². The third kappa shape index (κ3) is 4.71. The van der Waals surface area contributed by atoms with Crippen LogP contribution >= 0.6 is 0 Å². The Morgan fingerprint density at radius 3 is 2.22 bits per heavy atom.